The first kappa shape index (κ1) is 10.0. The highest BCUT2D eigenvalue weighted by Gasteiger charge is 2.44. The molecule has 1 rings (SSSR count). The van der Waals surface area contributed by atoms with Gasteiger partial charge in [-0.25, -0.2) is 4.79 Å². The molecule has 0 amide bonds. The van der Waals surface area contributed by atoms with E-state index in [1.165, 1.54) is 0 Å². The molecule has 13 heavy (non-hydrogen) atoms. The van der Waals surface area contributed by atoms with Gasteiger partial charge in [0.1, 0.15) is 0 Å². The van der Waals surface area contributed by atoms with E-state index in [9.17, 15) is 4.79 Å². The van der Waals surface area contributed by atoms with Crippen molar-refractivity contribution in [2.45, 2.75) is 45.1 Å². The number of rotatable bonds is 3. The molecule has 0 aromatic carbocycles. The molecule has 0 heterocycles. The maximum Gasteiger partial charge on any atom is 0.350 e. The minimum absolute atomic E-state index is 0.569. The third-order valence-electron chi connectivity index (χ3n) is 2.20. The number of hydrogen-bond donors (Lipinski definition) is 1. The lowest BCUT2D eigenvalue weighted by atomic mass is 10.0. The smallest absolute Gasteiger partial charge is 0.350 e. The van der Waals surface area contributed by atoms with E-state index in [1.807, 2.05) is 0 Å². The molecule has 74 valence electrons. The molecule has 1 fully saturated rings. The highest BCUT2D eigenvalue weighted by atomic mass is 16.7. The van der Waals surface area contributed by atoms with E-state index in [-0.39, 0.29) is 0 Å². The highest BCUT2D eigenvalue weighted by molar-refractivity contribution is 5.80. The summed E-state index contributed by atoms with van der Waals surface area (Å²) in [6, 6.07) is 0. The van der Waals surface area contributed by atoms with Crippen LogP contribution in [0, 0.1) is 0 Å². The average molecular weight is 185 g/mol. The Morgan fingerprint density at radius 2 is 1.92 bits per heavy atom. The van der Waals surface area contributed by atoms with Crippen LogP contribution in [0.4, 0.5) is 0 Å². The highest BCUT2D eigenvalue weighted by Crippen LogP contribution is 2.33. The Morgan fingerprint density at radius 3 is 2.31 bits per heavy atom. The Hall–Kier alpha value is -1.06. The van der Waals surface area contributed by atoms with Crippen molar-refractivity contribution < 1.29 is 14.7 Å². The molecule has 0 radical (unpaired) electrons. The minimum atomic E-state index is -1.04. The number of hydrogen-bond acceptors (Lipinski definition) is 3. The zero-order valence-electron chi connectivity index (χ0n) is 8.04. The van der Waals surface area contributed by atoms with Crippen LogP contribution in [0.15, 0.2) is 5.16 Å². The topological polar surface area (TPSA) is 58.9 Å². The van der Waals surface area contributed by atoms with E-state index >= 15 is 0 Å². The first-order valence-corrected chi connectivity index (χ1v) is 4.50. The molecule has 0 saturated heterocycles. The van der Waals surface area contributed by atoms with Crippen molar-refractivity contribution in [3.63, 3.8) is 0 Å². The Morgan fingerprint density at radius 1 is 1.38 bits per heavy atom. The van der Waals surface area contributed by atoms with Crippen molar-refractivity contribution >= 4 is 11.7 Å². The summed E-state index contributed by atoms with van der Waals surface area (Å²) in [4.78, 5) is 16.0. The SMILES string of the molecule is CC(C)=NOC1(C(=O)O)CCCC1. The Labute approximate surface area is 77.6 Å². The van der Waals surface area contributed by atoms with Crippen molar-refractivity contribution in [2.75, 3.05) is 0 Å². The average Bonchev–Trinajstić information content (AvgIpc) is 2.50. The Bertz CT molecular complexity index is 225. The van der Waals surface area contributed by atoms with Crippen LogP contribution in [0.1, 0.15) is 39.5 Å². The molecule has 0 aliphatic heterocycles. The zero-order valence-corrected chi connectivity index (χ0v) is 8.04. The molecule has 1 aliphatic carbocycles. The number of carbonyl (C=O) groups is 1. The Kier molecular flexibility index (Phi) is 2.90. The summed E-state index contributed by atoms with van der Waals surface area (Å²) in [5, 5.41) is 12.7. The maximum atomic E-state index is 10.9. The summed E-state index contributed by atoms with van der Waals surface area (Å²) in [5.74, 6) is -0.894. The third-order valence-corrected chi connectivity index (χ3v) is 2.20. The van der Waals surface area contributed by atoms with Gasteiger partial charge in [-0.3, -0.25) is 0 Å². The summed E-state index contributed by atoms with van der Waals surface area (Å²) in [7, 11) is 0. The first-order valence-electron chi connectivity index (χ1n) is 4.50. The predicted octanol–water partition coefficient (Wildman–Crippen LogP) is 1.80. The van der Waals surface area contributed by atoms with E-state index in [4.69, 9.17) is 9.94 Å². The van der Waals surface area contributed by atoms with Crippen LogP contribution in [-0.4, -0.2) is 22.4 Å². The van der Waals surface area contributed by atoms with Crippen LogP contribution >= 0.6 is 0 Å². The maximum absolute atomic E-state index is 10.9. The van der Waals surface area contributed by atoms with Crippen LogP contribution in [0.25, 0.3) is 0 Å². The van der Waals surface area contributed by atoms with E-state index in [2.05, 4.69) is 5.16 Å². The standard InChI is InChI=1S/C9H15NO3/c1-7(2)10-13-9(8(11)12)5-3-4-6-9/h3-6H2,1-2H3,(H,11,12). The number of nitrogens with zero attached hydrogens (tertiary/aromatic N) is 1. The summed E-state index contributed by atoms with van der Waals surface area (Å²) < 4.78 is 0. The van der Waals surface area contributed by atoms with Crippen LogP contribution in [0.5, 0.6) is 0 Å². The van der Waals surface area contributed by atoms with Crippen LogP contribution in [-0.2, 0) is 9.63 Å². The lowest BCUT2D eigenvalue weighted by Crippen LogP contribution is -2.37. The van der Waals surface area contributed by atoms with Crippen molar-refractivity contribution in [2.24, 2.45) is 5.16 Å². The summed E-state index contributed by atoms with van der Waals surface area (Å²) in [6.07, 6.45) is 2.95. The van der Waals surface area contributed by atoms with Crippen LogP contribution < -0.4 is 0 Å². The second-order valence-corrected chi connectivity index (χ2v) is 3.64. The molecule has 0 aromatic rings. The lowest BCUT2D eigenvalue weighted by molar-refractivity contribution is -0.165. The number of carboxylic acids is 1. The molecule has 0 spiro atoms. The fraction of sp³-hybridized carbons (Fsp3) is 0.778. The minimum Gasteiger partial charge on any atom is -0.478 e. The largest absolute Gasteiger partial charge is 0.478 e. The van der Waals surface area contributed by atoms with Crippen molar-refractivity contribution in [1.29, 1.82) is 0 Å². The molecule has 4 heteroatoms. The van der Waals surface area contributed by atoms with Gasteiger partial charge in [0, 0.05) is 12.8 Å². The van der Waals surface area contributed by atoms with E-state index < -0.39 is 11.6 Å². The Balaban J connectivity index is 2.68. The van der Waals surface area contributed by atoms with Crippen molar-refractivity contribution in [3.05, 3.63) is 0 Å². The fourth-order valence-corrected chi connectivity index (χ4v) is 1.47. The van der Waals surface area contributed by atoms with Gasteiger partial charge in [-0.15, -0.1) is 0 Å². The van der Waals surface area contributed by atoms with Gasteiger partial charge in [-0.2, -0.15) is 0 Å². The van der Waals surface area contributed by atoms with Gasteiger partial charge >= 0.3 is 5.97 Å². The summed E-state index contributed by atoms with van der Waals surface area (Å²) in [6.45, 7) is 3.56. The molecular formula is C9H15NO3. The molecular weight excluding hydrogens is 170 g/mol. The van der Waals surface area contributed by atoms with E-state index in [0.29, 0.717) is 12.8 Å². The number of aliphatic carboxylic acids is 1. The molecule has 1 aliphatic rings. The molecule has 0 bridgehead atoms. The van der Waals surface area contributed by atoms with Gasteiger partial charge in [0.2, 0.25) is 5.60 Å². The first-order chi connectivity index (χ1) is 6.07. The quantitative estimate of drug-likeness (QED) is 0.538. The molecule has 4 nitrogen and oxygen atoms in total. The predicted molar refractivity (Wildman–Crippen MR) is 48.7 cm³/mol. The molecule has 0 atom stereocenters. The van der Waals surface area contributed by atoms with Gasteiger partial charge in [0.15, 0.2) is 0 Å². The van der Waals surface area contributed by atoms with Gasteiger partial charge in [0.25, 0.3) is 0 Å². The van der Waals surface area contributed by atoms with Gasteiger partial charge in [-0.1, -0.05) is 5.16 Å². The van der Waals surface area contributed by atoms with Gasteiger partial charge < -0.3 is 9.94 Å². The van der Waals surface area contributed by atoms with E-state index in [1.54, 1.807) is 13.8 Å². The number of carboxylic acid groups (broad SMARTS) is 1. The summed E-state index contributed by atoms with van der Waals surface area (Å²) in [5.41, 5.74) is -0.301. The number of oxime groups is 1. The normalized spacial score (nSPS) is 19.5. The molecule has 1 N–H and O–H groups in total. The zero-order chi connectivity index (χ0) is 9.90. The molecule has 0 unspecified atom stereocenters. The van der Waals surface area contributed by atoms with Gasteiger partial charge in [-0.05, 0) is 26.7 Å². The van der Waals surface area contributed by atoms with Gasteiger partial charge in [0.05, 0.1) is 5.71 Å². The molecule has 0 aromatic heterocycles. The fourth-order valence-electron chi connectivity index (χ4n) is 1.47. The molecule has 1 saturated carbocycles. The second kappa shape index (κ2) is 3.77. The van der Waals surface area contributed by atoms with E-state index in [0.717, 1.165) is 18.6 Å². The van der Waals surface area contributed by atoms with Crippen LogP contribution in [0.3, 0.4) is 0 Å². The second-order valence-electron chi connectivity index (χ2n) is 3.64. The van der Waals surface area contributed by atoms with Crippen molar-refractivity contribution in [1.82, 2.24) is 0 Å². The summed E-state index contributed by atoms with van der Waals surface area (Å²) >= 11 is 0. The third kappa shape index (κ3) is 2.20. The monoisotopic (exact) mass is 185 g/mol. The van der Waals surface area contributed by atoms with Crippen LogP contribution in [0.2, 0.25) is 0 Å². The van der Waals surface area contributed by atoms with Crippen molar-refractivity contribution in [3.8, 4) is 0 Å². The lowest BCUT2D eigenvalue weighted by Gasteiger charge is -2.20.